The first-order valence-electron chi connectivity index (χ1n) is 7.87. The highest BCUT2D eigenvalue weighted by atomic mass is 16.5. The second-order valence-corrected chi connectivity index (χ2v) is 5.93. The summed E-state index contributed by atoms with van der Waals surface area (Å²) in [5.41, 5.74) is 2.94. The number of hydrogen-bond donors (Lipinski definition) is 2. The van der Waals surface area contributed by atoms with Gasteiger partial charge in [-0.25, -0.2) is 0 Å². The summed E-state index contributed by atoms with van der Waals surface area (Å²) >= 11 is 0. The van der Waals surface area contributed by atoms with Crippen molar-refractivity contribution in [3.8, 4) is 5.75 Å². The molecule has 0 radical (unpaired) electrons. The smallest absolute Gasteiger partial charge is 0.272 e. The highest BCUT2D eigenvalue weighted by Crippen LogP contribution is 2.25. The van der Waals surface area contributed by atoms with E-state index in [1.54, 1.807) is 18.2 Å². The predicted octanol–water partition coefficient (Wildman–Crippen LogP) is 1.66. The number of hydrogen-bond acceptors (Lipinski definition) is 4. The van der Waals surface area contributed by atoms with E-state index in [0.29, 0.717) is 17.0 Å². The lowest BCUT2D eigenvalue weighted by Gasteiger charge is -2.24. The number of aryl methyl sites for hydroxylation is 1. The number of H-pyrrole nitrogens is 1. The number of fused-ring (bicyclic) bond motifs is 2. The Balaban J connectivity index is 1.54. The highest BCUT2D eigenvalue weighted by molar-refractivity contribution is 6.06. The van der Waals surface area contributed by atoms with E-state index in [1.165, 1.54) is 0 Å². The second-order valence-electron chi connectivity index (χ2n) is 5.93. The monoisotopic (exact) mass is 311 g/mol. The lowest BCUT2D eigenvalue weighted by atomic mass is 9.95. The summed E-state index contributed by atoms with van der Waals surface area (Å²) in [6, 6.07) is 6.41. The summed E-state index contributed by atoms with van der Waals surface area (Å²) in [4.78, 5) is 25.0. The molecule has 1 atom stereocenters. The van der Waals surface area contributed by atoms with Gasteiger partial charge in [0.1, 0.15) is 18.4 Å². The molecule has 2 aliphatic rings. The third kappa shape index (κ3) is 2.40. The standard InChI is InChI=1S/C17H17N3O3/c21-16-11-6-2-4-8-14(11)23-9-13(16)18-17(22)15-10-5-1-3-7-12(10)19-20-15/h2,4,6,8,13H,1,3,5,7,9H2,(H,18,22)(H,19,20)/t13-/m1/s1. The molecule has 0 saturated heterocycles. The summed E-state index contributed by atoms with van der Waals surface area (Å²) < 4.78 is 5.57. The molecule has 1 aromatic heterocycles. The molecule has 6 heteroatoms. The maximum absolute atomic E-state index is 12.5. The SMILES string of the molecule is O=C(N[C@@H]1COc2ccccc2C1=O)c1n[nH]c2c1CCCC2. The van der Waals surface area contributed by atoms with E-state index in [-0.39, 0.29) is 18.3 Å². The molecule has 0 saturated carbocycles. The van der Waals surface area contributed by atoms with Crippen molar-refractivity contribution in [3.05, 3.63) is 46.8 Å². The first kappa shape index (κ1) is 14.0. The van der Waals surface area contributed by atoms with E-state index in [4.69, 9.17) is 4.74 Å². The Morgan fingerprint density at radius 2 is 2.09 bits per heavy atom. The predicted molar refractivity (Wildman–Crippen MR) is 82.8 cm³/mol. The molecular formula is C17H17N3O3. The molecule has 6 nitrogen and oxygen atoms in total. The molecule has 0 bridgehead atoms. The van der Waals surface area contributed by atoms with Gasteiger partial charge in [-0.2, -0.15) is 5.10 Å². The van der Waals surface area contributed by atoms with Crippen molar-refractivity contribution in [1.29, 1.82) is 0 Å². The lowest BCUT2D eigenvalue weighted by Crippen LogP contribution is -2.47. The highest BCUT2D eigenvalue weighted by Gasteiger charge is 2.31. The molecule has 0 spiro atoms. The van der Waals surface area contributed by atoms with Crippen LogP contribution in [0.15, 0.2) is 24.3 Å². The Kier molecular flexibility index (Phi) is 3.37. The van der Waals surface area contributed by atoms with Crippen molar-refractivity contribution in [1.82, 2.24) is 15.5 Å². The average Bonchev–Trinajstić information content (AvgIpc) is 3.02. The summed E-state index contributed by atoms with van der Waals surface area (Å²) in [6.45, 7) is 0.147. The van der Waals surface area contributed by atoms with E-state index in [9.17, 15) is 9.59 Å². The summed E-state index contributed by atoms with van der Waals surface area (Å²) in [5, 5.41) is 9.85. The molecule has 2 heterocycles. The number of ketones is 1. The van der Waals surface area contributed by atoms with Gasteiger partial charge in [0.2, 0.25) is 0 Å². The van der Waals surface area contributed by atoms with Gasteiger partial charge in [-0.15, -0.1) is 0 Å². The van der Waals surface area contributed by atoms with Crippen LogP contribution in [0.25, 0.3) is 0 Å². The number of ether oxygens (including phenoxy) is 1. The van der Waals surface area contributed by atoms with Gasteiger partial charge in [0.05, 0.1) is 5.56 Å². The number of benzene rings is 1. The molecule has 2 N–H and O–H groups in total. The van der Waals surface area contributed by atoms with Gasteiger partial charge in [-0.1, -0.05) is 12.1 Å². The van der Waals surface area contributed by atoms with Crippen LogP contribution in [0.1, 0.15) is 44.9 Å². The van der Waals surface area contributed by atoms with Gasteiger partial charge >= 0.3 is 0 Å². The van der Waals surface area contributed by atoms with E-state index in [0.717, 1.165) is 36.9 Å². The maximum atomic E-state index is 12.5. The summed E-state index contributed by atoms with van der Waals surface area (Å²) in [6.07, 6.45) is 3.95. The van der Waals surface area contributed by atoms with Gasteiger partial charge < -0.3 is 10.1 Å². The number of carbonyl (C=O) groups is 2. The Labute approximate surface area is 133 Å². The van der Waals surface area contributed by atoms with Crippen LogP contribution < -0.4 is 10.1 Å². The Hall–Kier alpha value is -2.63. The van der Waals surface area contributed by atoms with Gasteiger partial charge in [0, 0.05) is 11.3 Å². The third-order valence-corrected chi connectivity index (χ3v) is 4.45. The first-order valence-corrected chi connectivity index (χ1v) is 7.87. The van der Waals surface area contributed by atoms with Crippen LogP contribution in [-0.2, 0) is 12.8 Å². The minimum Gasteiger partial charge on any atom is -0.490 e. The summed E-state index contributed by atoms with van der Waals surface area (Å²) in [7, 11) is 0. The molecule has 2 aromatic rings. The van der Waals surface area contributed by atoms with Crippen molar-refractivity contribution in [2.45, 2.75) is 31.7 Å². The number of amides is 1. The first-order chi connectivity index (χ1) is 11.2. The lowest BCUT2D eigenvalue weighted by molar-refractivity contribution is 0.0792. The largest absolute Gasteiger partial charge is 0.490 e. The van der Waals surface area contributed by atoms with E-state index >= 15 is 0 Å². The van der Waals surface area contributed by atoms with Crippen LogP contribution in [-0.4, -0.2) is 34.5 Å². The van der Waals surface area contributed by atoms with Gasteiger partial charge in [0.25, 0.3) is 5.91 Å². The van der Waals surface area contributed by atoms with Crippen LogP contribution >= 0.6 is 0 Å². The van der Waals surface area contributed by atoms with E-state index in [2.05, 4.69) is 15.5 Å². The van der Waals surface area contributed by atoms with Gasteiger partial charge in [-0.05, 0) is 37.8 Å². The zero-order chi connectivity index (χ0) is 15.8. The fourth-order valence-electron chi connectivity index (χ4n) is 3.24. The van der Waals surface area contributed by atoms with Crippen molar-refractivity contribution >= 4 is 11.7 Å². The molecule has 1 aliphatic carbocycles. The Morgan fingerprint density at radius 1 is 1.26 bits per heavy atom. The van der Waals surface area contributed by atoms with Crippen molar-refractivity contribution in [2.24, 2.45) is 0 Å². The van der Waals surface area contributed by atoms with Gasteiger partial charge in [0.15, 0.2) is 11.5 Å². The minimum absolute atomic E-state index is 0.121. The van der Waals surface area contributed by atoms with Crippen LogP contribution in [0.2, 0.25) is 0 Å². The summed E-state index contributed by atoms with van der Waals surface area (Å²) in [5.74, 6) is 0.135. The molecule has 0 fully saturated rings. The maximum Gasteiger partial charge on any atom is 0.272 e. The van der Waals surface area contributed by atoms with E-state index < -0.39 is 6.04 Å². The molecule has 1 aliphatic heterocycles. The molecule has 4 rings (SSSR count). The van der Waals surface area contributed by atoms with Crippen LogP contribution in [0, 0.1) is 0 Å². The van der Waals surface area contributed by atoms with Crippen molar-refractivity contribution in [3.63, 3.8) is 0 Å². The zero-order valence-corrected chi connectivity index (χ0v) is 12.6. The number of rotatable bonds is 2. The Bertz CT molecular complexity index is 781. The quantitative estimate of drug-likeness (QED) is 0.883. The normalized spacial score (nSPS) is 19.5. The van der Waals surface area contributed by atoms with Crippen molar-refractivity contribution in [2.75, 3.05) is 6.61 Å². The average molecular weight is 311 g/mol. The molecular weight excluding hydrogens is 294 g/mol. The van der Waals surface area contributed by atoms with Crippen LogP contribution in [0.4, 0.5) is 0 Å². The zero-order valence-electron chi connectivity index (χ0n) is 12.6. The molecule has 118 valence electrons. The fourth-order valence-corrected chi connectivity index (χ4v) is 3.24. The van der Waals surface area contributed by atoms with Crippen LogP contribution in [0.3, 0.4) is 0 Å². The molecule has 1 amide bonds. The van der Waals surface area contributed by atoms with Crippen LogP contribution in [0.5, 0.6) is 5.75 Å². The molecule has 23 heavy (non-hydrogen) atoms. The second kappa shape index (κ2) is 5.53. The number of aromatic nitrogens is 2. The number of carbonyl (C=O) groups excluding carboxylic acids is 2. The molecule has 0 unspecified atom stereocenters. The molecule has 1 aromatic carbocycles. The van der Waals surface area contributed by atoms with E-state index in [1.807, 2.05) is 6.07 Å². The topological polar surface area (TPSA) is 84.1 Å². The fraction of sp³-hybridized carbons (Fsp3) is 0.353. The number of para-hydroxylation sites is 1. The number of Topliss-reactive ketones (excluding diaryl/α,β-unsaturated/α-hetero) is 1. The van der Waals surface area contributed by atoms with Gasteiger partial charge in [-0.3, -0.25) is 14.7 Å². The Morgan fingerprint density at radius 3 is 3.00 bits per heavy atom. The third-order valence-electron chi connectivity index (χ3n) is 4.45. The minimum atomic E-state index is -0.673. The number of aromatic amines is 1. The number of nitrogens with one attached hydrogen (secondary N) is 2. The van der Waals surface area contributed by atoms with Crippen molar-refractivity contribution < 1.29 is 14.3 Å². The number of nitrogens with zero attached hydrogens (tertiary/aromatic N) is 1.